The molecule has 2 rings (SSSR count). The Labute approximate surface area is 109 Å². The van der Waals surface area contributed by atoms with E-state index in [9.17, 15) is 4.79 Å². The molecular formula is C14H12N2OS. The predicted octanol–water partition coefficient (Wildman–Crippen LogP) is 2.85. The molecule has 0 amide bonds. The third-order valence-corrected chi connectivity index (χ3v) is 3.62. The normalized spacial score (nSPS) is 10.0. The van der Waals surface area contributed by atoms with E-state index in [-0.39, 0.29) is 5.56 Å². The van der Waals surface area contributed by atoms with Crippen molar-refractivity contribution >= 4 is 11.8 Å². The molecule has 0 atom stereocenters. The molecule has 1 aromatic heterocycles. The average Bonchev–Trinajstić information content (AvgIpc) is 2.37. The number of H-pyrrole nitrogens is 1. The van der Waals surface area contributed by atoms with Crippen molar-refractivity contribution < 1.29 is 0 Å². The first-order chi connectivity index (χ1) is 8.70. The second-order valence-electron chi connectivity index (χ2n) is 3.91. The summed E-state index contributed by atoms with van der Waals surface area (Å²) in [6.45, 7) is 1.78. The summed E-state index contributed by atoms with van der Waals surface area (Å²) < 4.78 is 0. The van der Waals surface area contributed by atoms with Gasteiger partial charge < -0.3 is 4.98 Å². The minimum atomic E-state index is -0.165. The molecule has 4 heteroatoms. The second-order valence-corrected chi connectivity index (χ2v) is 4.89. The van der Waals surface area contributed by atoms with Crippen molar-refractivity contribution in [1.82, 2.24) is 4.98 Å². The molecule has 0 aliphatic heterocycles. The van der Waals surface area contributed by atoms with Gasteiger partial charge in [0.1, 0.15) is 6.07 Å². The molecule has 0 saturated heterocycles. The Morgan fingerprint density at radius 1 is 1.33 bits per heavy atom. The van der Waals surface area contributed by atoms with Crippen LogP contribution in [0.3, 0.4) is 0 Å². The van der Waals surface area contributed by atoms with Gasteiger partial charge >= 0.3 is 0 Å². The van der Waals surface area contributed by atoms with Gasteiger partial charge in [0, 0.05) is 11.8 Å². The molecule has 0 aliphatic rings. The van der Waals surface area contributed by atoms with Crippen molar-refractivity contribution in [3.8, 4) is 6.07 Å². The quantitative estimate of drug-likeness (QED) is 0.859. The van der Waals surface area contributed by atoms with Gasteiger partial charge in [0.05, 0.1) is 10.6 Å². The Morgan fingerprint density at radius 3 is 2.72 bits per heavy atom. The average molecular weight is 256 g/mol. The zero-order chi connectivity index (χ0) is 13.0. The number of benzene rings is 1. The second kappa shape index (κ2) is 5.56. The number of aromatic amines is 1. The zero-order valence-corrected chi connectivity index (χ0v) is 10.8. The van der Waals surface area contributed by atoms with Crippen LogP contribution in [0.2, 0.25) is 0 Å². The van der Waals surface area contributed by atoms with E-state index < -0.39 is 0 Å². The molecule has 1 heterocycles. The highest BCUT2D eigenvalue weighted by atomic mass is 32.2. The lowest BCUT2D eigenvalue weighted by Crippen LogP contribution is -2.08. The van der Waals surface area contributed by atoms with Gasteiger partial charge in [0.2, 0.25) is 5.56 Å². The van der Waals surface area contributed by atoms with E-state index in [0.29, 0.717) is 10.6 Å². The maximum absolute atomic E-state index is 11.4. The largest absolute Gasteiger partial charge is 0.316 e. The van der Waals surface area contributed by atoms with E-state index in [2.05, 4.69) is 11.1 Å². The summed E-state index contributed by atoms with van der Waals surface area (Å²) in [6.07, 6.45) is 0. The highest BCUT2D eigenvalue weighted by Crippen LogP contribution is 2.24. The number of nitrogens with zero attached hydrogens (tertiary/aromatic N) is 1. The molecule has 0 radical (unpaired) electrons. The topological polar surface area (TPSA) is 56.6 Å². The van der Waals surface area contributed by atoms with Crippen molar-refractivity contribution in [3.63, 3.8) is 0 Å². The standard InChI is InChI=1S/C14H12N2OS/c1-10-7-13(17)16-14(12(10)8-15)18-9-11-5-3-2-4-6-11/h2-7H,9H2,1H3,(H,16,17). The molecule has 0 fully saturated rings. The lowest BCUT2D eigenvalue weighted by molar-refractivity contribution is 1.04. The monoisotopic (exact) mass is 256 g/mol. The van der Waals surface area contributed by atoms with E-state index in [1.807, 2.05) is 30.3 Å². The summed E-state index contributed by atoms with van der Waals surface area (Å²) >= 11 is 1.47. The Morgan fingerprint density at radius 2 is 2.06 bits per heavy atom. The van der Waals surface area contributed by atoms with Crippen LogP contribution < -0.4 is 5.56 Å². The number of nitrogens with one attached hydrogen (secondary N) is 1. The first kappa shape index (κ1) is 12.5. The Hall–Kier alpha value is -1.99. The number of aryl methyl sites for hydroxylation is 1. The molecule has 0 aliphatic carbocycles. The van der Waals surface area contributed by atoms with Gasteiger partial charge in [-0.2, -0.15) is 5.26 Å². The van der Waals surface area contributed by atoms with Gasteiger partial charge in [0.25, 0.3) is 0 Å². The number of rotatable bonds is 3. The SMILES string of the molecule is Cc1cc(=O)[nH]c(SCc2ccccc2)c1C#N. The summed E-state index contributed by atoms with van der Waals surface area (Å²) in [7, 11) is 0. The molecule has 2 aromatic rings. The van der Waals surface area contributed by atoms with Crippen LogP contribution in [-0.2, 0) is 5.75 Å². The van der Waals surface area contributed by atoms with E-state index in [0.717, 1.165) is 16.9 Å². The maximum Gasteiger partial charge on any atom is 0.249 e. The number of nitriles is 1. The van der Waals surface area contributed by atoms with E-state index in [1.165, 1.54) is 17.8 Å². The number of hydrogen-bond donors (Lipinski definition) is 1. The lowest BCUT2D eigenvalue weighted by Gasteiger charge is -2.05. The minimum Gasteiger partial charge on any atom is -0.316 e. The molecule has 0 bridgehead atoms. The van der Waals surface area contributed by atoms with Crippen LogP contribution in [0.4, 0.5) is 0 Å². The van der Waals surface area contributed by atoms with Gasteiger partial charge in [-0.3, -0.25) is 4.79 Å². The Bertz CT molecular complexity index is 641. The van der Waals surface area contributed by atoms with Gasteiger partial charge in [-0.05, 0) is 18.1 Å². The van der Waals surface area contributed by atoms with Crippen LogP contribution in [0.1, 0.15) is 16.7 Å². The van der Waals surface area contributed by atoms with Crippen molar-refractivity contribution in [2.45, 2.75) is 17.7 Å². The minimum absolute atomic E-state index is 0.165. The lowest BCUT2D eigenvalue weighted by atomic mass is 10.2. The molecule has 0 spiro atoms. The van der Waals surface area contributed by atoms with Crippen LogP contribution in [0, 0.1) is 18.3 Å². The first-order valence-corrected chi connectivity index (χ1v) is 6.50. The summed E-state index contributed by atoms with van der Waals surface area (Å²) in [5.74, 6) is 0.731. The molecule has 90 valence electrons. The van der Waals surface area contributed by atoms with Crippen LogP contribution in [0.25, 0.3) is 0 Å². The number of hydrogen-bond acceptors (Lipinski definition) is 3. The summed E-state index contributed by atoms with van der Waals surface area (Å²) in [5.41, 5.74) is 2.27. The molecule has 3 nitrogen and oxygen atoms in total. The Balaban J connectivity index is 2.25. The number of pyridine rings is 1. The van der Waals surface area contributed by atoms with E-state index in [4.69, 9.17) is 5.26 Å². The molecule has 18 heavy (non-hydrogen) atoms. The summed E-state index contributed by atoms with van der Waals surface area (Å²) in [6, 6.07) is 13.5. The van der Waals surface area contributed by atoms with Crippen LogP contribution in [0.15, 0.2) is 46.2 Å². The van der Waals surface area contributed by atoms with Crippen molar-refractivity contribution in [3.05, 3.63) is 63.4 Å². The smallest absolute Gasteiger partial charge is 0.249 e. The molecule has 1 N–H and O–H groups in total. The Kier molecular flexibility index (Phi) is 3.85. The highest BCUT2D eigenvalue weighted by molar-refractivity contribution is 7.98. The fourth-order valence-electron chi connectivity index (χ4n) is 1.64. The molecule has 1 aromatic carbocycles. The van der Waals surface area contributed by atoms with Gasteiger partial charge in [-0.15, -0.1) is 11.8 Å². The van der Waals surface area contributed by atoms with Gasteiger partial charge in [-0.1, -0.05) is 30.3 Å². The number of thioether (sulfide) groups is 1. The van der Waals surface area contributed by atoms with Crippen molar-refractivity contribution in [2.24, 2.45) is 0 Å². The van der Waals surface area contributed by atoms with Crippen molar-refractivity contribution in [2.75, 3.05) is 0 Å². The fraction of sp³-hybridized carbons (Fsp3) is 0.143. The molecular weight excluding hydrogens is 244 g/mol. The van der Waals surface area contributed by atoms with Crippen LogP contribution >= 0.6 is 11.8 Å². The van der Waals surface area contributed by atoms with Crippen LogP contribution in [0.5, 0.6) is 0 Å². The van der Waals surface area contributed by atoms with E-state index in [1.54, 1.807) is 6.92 Å². The van der Waals surface area contributed by atoms with Crippen molar-refractivity contribution in [1.29, 1.82) is 5.26 Å². The first-order valence-electron chi connectivity index (χ1n) is 5.51. The highest BCUT2D eigenvalue weighted by Gasteiger charge is 2.08. The van der Waals surface area contributed by atoms with Gasteiger partial charge in [0.15, 0.2) is 0 Å². The third-order valence-electron chi connectivity index (χ3n) is 2.54. The number of aromatic nitrogens is 1. The summed E-state index contributed by atoms with van der Waals surface area (Å²) in [5, 5.41) is 9.75. The summed E-state index contributed by atoms with van der Waals surface area (Å²) in [4.78, 5) is 14.1. The zero-order valence-electron chi connectivity index (χ0n) is 9.93. The molecule has 0 saturated carbocycles. The molecule has 0 unspecified atom stereocenters. The fourth-order valence-corrected chi connectivity index (χ4v) is 2.66. The predicted molar refractivity (Wildman–Crippen MR) is 72.5 cm³/mol. The van der Waals surface area contributed by atoms with Gasteiger partial charge in [-0.25, -0.2) is 0 Å². The third kappa shape index (κ3) is 2.82. The van der Waals surface area contributed by atoms with E-state index >= 15 is 0 Å². The van der Waals surface area contributed by atoms with Crippen LogP contribution in [-0.4, -0.2) is 4.98 Å². The maximum atomic E-state index is 11.4.